The van der Waals surface area contributed by atoms with Crippen molar-refractivity contribution in [3.63, 3.8) is 0 Å². The van der Waals surface area contributed by atoms with Gasteiger partial charge in [0.1, 0.15) is 5.75 Å². The molecular weight excluding hydrogens is 282 g/mol. The zero-order chi connectivity index (χ0) is 15.6. The highest BCUT2D eigenvalue weighted by Gasteiger charge is 2.34. The fourth-order valence-corrected chi connectivity index (χ4v) is 3.98. The maximum Gasteiger partial charge on any atom is 0.287 e. The Labute approximate surface area is 138 Å². The van der Waals surface area contributed by atoms with Gasteiger partial charge in [0, 0.05) is 18.4 Å². The van der Waals surface area contributed by atoms with Gasteiger partial charge in [-0.05, 0) is 43.5 Å². The lowest BCUT2D eigenvalue weighted by atomic mass is 9.92. The standard InChI is InChI=1S/C21H24NO/c1-16-9-8-14-19-20(17-10-4-2-5-11-17)22(15-23-21(16)19)18-12-6-3-7-13-18/h2,4-5,8-11,14,18H,3,6-7,12-13,15H2,1H3/q+1. The van der Waals surface area contributed by atoms with Gasteiger partial charge in [-0.3, -0.25) is 0 Å². The summed E-state index contributed by atoms with van der Waals surface area (Å²) in [5.41, 5.74) is 5.11. The van der Waals surface area contributed by atoms with E-state index in [0.29, 0.717) is 12.8 Å². The molecule has 0 saturated heterocycles. The summed E-state index contributed by atoms with van der Waals surface area (Å²) in [6.45, 7) is 2.81. The number of benzene rings is 2. The number of fused-ring (bicyclic) bond motifs is 1. The molecule has 0 spiro atoms. The van der Waals surface area contributed by atoms with Gasteiger partial charge in [-0.15, -0.1) is 0 Å². The van der Waals surface area contributed by atoms with Crippen LogP contribution in [-0.2, 0) is 0 Å². The molecule has 2 heteroatoms. The molecule has 0 bridgehead atoms. The first kappa shape index (κ1) is 14.5. The van der Waals surface area contributed by atoms with Crippen LogP contribution in [-0.4, -0.2) is 23.1 Å². The van der Waals surface area contributed by atoms with Crippen molar-refractivity contribution in [1.82, 2.24) is 0 Å². The van der Waals surface area contributed by atoms with E-state index in [1.165, 1.54) is 54.5 Å². The fourth-order valence-electron chi connectivity index (χ4n) is 3.98. The number of hydrogen-bond acceptors (Lipinski definition) is 1. The van der Waals surface area contributed by atoms with Crippen molar-refractivity contribution in [1.29, 1.82) is 0 Å². The van der Waals surface area contributed by atoms with Crippen molar-refractivity contribution in [3.05, 3.63) is 65.2 Å². The van der Waals surface area contributed by atoms with E-state index >= 15 is 0 Å². The van der Waals surface area contributed by atoms with Crippen molar-refractivity contribution in [3.8, 4) is 5.75 Å². The van der Waals surface area contributed by atoms with Crippen molar-refractivity contribution < 1.29 is 9.31 Å². The van der Waals surface area contributed by atoms with Crippen molar-refractivity contribution >= 4 is 5.71 Å². The number of ether oxygens (including phenoxy) is 1. The van der Waals surface area contributed by atoms with E-state index in [2.05, 4.69) is 60.0 Å². The Morgan fingerprint density at radius 1 is 0.913 bits per heavy atom. The lowest BCUT2D eigenvalue weighted by Gasteiger charge is -2.27. The second-order valence-corrected chi connectivity index (χ2v) is 6.70. The van der Waals surface area contributed by atoms with Gasteiger partial charge in [0.2, 0.25) is 5.71 Å². The molecule has 1 heterocycles. The molecule has 0 atom stereocenters. The predicted molar refractivity (Wildman–Crippen MR) is 93.5 cm³/mol. The van der Waals surface area contributed by atoms with Crippen molar-refractivity contribution in [2.75, 3.05) is 6.73 Å². The molecule has 118 valence electrons. The Bertz CT molecular complexity index is 727. The van der Waals surface area contributed by atoms with Crippen LogP contribution in [0.3, 0.4) is 0 Å². The van der Waals surface area contributed by atoms with E-state index in [9.17, 15) is 0 Å². The van der Waals surface area contributed by atoms with Gasteiger partial charge in [0.05, 0.1) is 5.56 Å². The molecule has 1 saturated carbocycles. The molecular formula is C21H24NO+. The molecule has 1 fully saturated rings. The minimum atomic E-state index is 0.604. The SMILES string of the molecule is Cc1cccc2c1OC[N+](C1CCCCC1)=C2c1ccccc1. The highest BCUT2D eigenvalue weighted by atomic mass is 16.5. The third kappa shape index (κ3) is 2.67. The molecule has 2 aromatic carbocycles. The molecule has 0 aromatic heterocycles. The minimum Gasteiger partial charge on any atom is -0.435 e. The van der Waals surface area contributed by atoms with E-state index in [1.807, 2.05) is 0 Å². The van der Waals surface area contributed by atoms with Gasteiger partial charge in [0.25, 0.3) is 6.73 Å². The maximum atomic E-state index is 6.18. The largest absolute Gasteiger partial charge is 0.435 e. The number of rotatable bonds is 2. The average Bonchev–Trinajstić information content (AvgIpc) is 2.62. The Morgan fingerprint density at radius 3 is 2.48 bits per heavy atom. The van der Waals surface area contributed by atoms with E-state index in [1.54, 1.807) is 0 Å². The van der Waals surface area contributed by atoms with Crippen LogP contribution in [0.1, 0.15) is 48.8 Å². The van der Waals surface area contributed by atoms with Crippen molar-refractivity contribution in [2.24, 2.45) is 0 Å². The van der Waals surface area contributed by atoms with E-state index in [-0.39, 0.29) is 0 Å². The molecule has 1 aliphatic carbocycles. The van der Waals surface area contributed by atoms with Crippen LogP contribution in [0, 0.1) is 6.92 Å². The van der Waals surface area contributed by atoms with Gasteiger partial charge >= 0.3 is 0 Å². The first-order valence-corrected chi connectivity index (χ1v) is 8.76. The molecule has 2 aromatic rings. The maximum absolute atomic E-state index is 6.18. The third-order valence-corrected chi connectivity index (χ3v) is 5.16. The van der Waals surface area contributed by atoms with Crippen LogP contribution in [0.5, 0.6) is 5.75 Å². The minimum absolute atomic E-state index is 0.604. The molecule has 0 radical (unpaired) electrons. The quantitative estimate of drug-likeness (QED) is 0.743. The molecule has 23 heavy (non-hydrogen) atoms. The molecule has 0 N–H and O–H groups in total. The summed E-state index contributed by atoms with van der Waals surface area (Å²) in [7, 11) is 0. The van der Waals surface area contributed by atoms with E-state index in [0.717, 1.165) is 5.75 Å². The first-order chi connectivity index (χ1) is 11.3. The molecule has 1 aliphatic heterocycles. The van der Waals surface area contributed by atoms with Crippen LogP contribution >= 0.6 is 0 Å². The number of nitrogens with zero attached hydrogens (tertiary/aromatic N) is 1. The summed E-state index contributed by atoms with van der Waals surface area (Å²) in [6.07, 6.45) is 6.61. The zero-order valence-corrected chi connectivity index (χ0v) is 13.8. The summed E-state index contributed by atoms with van der Waals surface area (Å²) in [4.78, 5) is 0. The lowest BCUT2D eigenvalue weighted by molar-refractivity contribution is -0.598. The molecule has 0 unspecified atom stereocenters. The third-order valence-electron chi connectivity index (χ3n) is 5.16. The topological polar surface area (TPSA) is 12.2 Å². The van der Waals surface area contributed by atoms with Crippen LogP contribution < -0.4 is 4.74 Å². The van der Waals surface area contributed by atoms with Gasteiger partial charge in [0.15, 0.2) is 6.04 Å². The summed E-state index contributed by atoms with van der Waals surface area (Å²) < 4.78 is 8.69. The molecule has 2 nitrogen and oxygen atoms in total. The Hall–Kier alpha value is -2.09. The smallest absolute Gasteiger partial charge is 0.287 e. The number of para-hydroxylation sites is 1. The molecule has 0 amide bonds. The Balaban J connectivity index is 1.90. The van der Waals surface area contributed by atoms with Crippen LogP contribution in [0.25, 0.3) is 0 Å². The van der Waals surface area contributed by atoms with Crippen LogP contribution in [0.4, 0.5) is 0 Å². The van der Waals surface area contributed by atoms with Crippen molar-refractivity contribution in [2.45, 2.75) is 45.1 Å². The summed E-state index contributed by atoms with van der Waals surface area (Å²) >= 11 is 0. The normalized spacial score (nSPS) is 18.5. The van der Waals surface area contributed by atoms with Crippen LogP contribution in [0.2, 0.25) is 0 Å². The zero-order valence-electron chi connectivity index (χ0n) is 13.8. The van der Waals surface area contributed by atoms with Gasteiger partial charge in [-0.2, -0.15) is 4.58 Å². The highest BCUT2D eigenvalue weighted by Crippen LogP contribution is 2.31. The summed E-state index contributed by atoms with van der Waals surface area (Å²) in [5.74, 6) is 1.05. The Kier molecular flexibility index (Phi) is 3.90. The first-order valence-electron chi connectivity index (χ1n) is 8.76. The highest BCUT2D eigenvalue weighted by molar-refractivity contribution is 6.11. The van der Waals surface area contributed by atoms with E-state index < -0.39 is 0 Å². The fraction of sp³-hybridized carbons (Fsp3) is 0.381. The number of hydrogen-bond donors (Lipinski definition) is 0. The van der Waals surface area contributed by atoms with Crippen LogP contribution in [0.15, 0.2) is 48.5 Å². The predicted octanol–water partition coefficient (Wildman–Crippen LogP) is 4.53. The van der Waals surface area contributed by atoms with Gasteiger partial charge < -0.3 is 4.74 Å². The van der Waals surface area contributed by atoms with E-state index in [4.69, 9.17) is 4.74 Å². The second kappa shape index (κ2) is 6.19. The Morgan fingerprint density at radius 2 is 1.70 bits per heavy atom. The second-order valence-electron chi connectivity index (χ2n) is 6.70. The summed E-state index contributed by atoms with van der Waals surface area (Å²) in [6, 6.07) is 17.9. The van der Waals surface area contributed by atoms with Gasteiger partial charge in [-0.25, -0.2) is 0 Å². The lowest BCUT2D eigenvalue weighted by Crippen LogP contribution is -2.40. The van der Waals surface area contributed by atoms with Gasteiger partial charge in [-0.1, -0.05) is 36.8 Å². The molecule has 2 aliphatic rings. The monoisotopic (exact) mass is 306 g/mol. The average molecular weight is 306 g/mol. The molecule has 4 rings (SSSR count). The number of aryl methyl sites for hydroxylation is 1. The summed E-state index contributed by atoms with van der Waals surface area (Å²) in [5, 5.41) is 0.